The van der Waals surface area contributed by atoms with Crippen LogP contribution in [0.4, 0.5) is 0 Å². The average molecular weight is 466 g/mol. The van der Waals surface area contributed by atoms with Crippen molar-refractivity contribution in [1.82, 2.24) is 9.97 Å². The normalized spacial score (nSPS) is 11.8. The number of aromatic amines is 2. The first-order chi connectivity index (χ1) is 16.2. The lowest BCUT2D eigenvalue weighted by molar-refractivity contribution is -0.132. The molecule has 0 saturated heterocycles. The largest absolute Gasteiger partial charge is 0.493 e. The number of carbonyl (C=O) groups is 2. The molecule has 10 nitrogen and oxygen atoms in total. The van der Waals surface area contributed by atoms with E-state index in [-0.39, 0.29) is 22.2 Å². The van der Waals surface area contributed by atoms with Crippen molar-refractivity contribution in [3.8, 4) is 23.0 Å². The number of hydrogen-bond donors (Lipinski definition) is 2. The Morgan fingerprint density at radius 2 is 1.06 bits per heavy atom. The second kappa shape index (κ2) is 10.3. The lowest BCUT2D eigenvalue weighted by Crippen LogP contribution is -2.46. The van der Waals surface area contributed by atoms with E-state index in [9.17, 15) is 19.2 Å². The van der Waals surface area contributed by atoms with Crippen LogP contribution in [0.25, 0.3) is 12.2 Å². The van der Waals surface area contributed by atoms with Gasteiger partial charge in [0.25, 0.3) is 11.1 Å². The first-order valence-corrected chi connectivity index (χ1v) is 9.99. The summed E-state index contributed by atoms with van der Waals surface area (Å²) in [6.45, 7) is 2.54. The molecule has 0 atom stereocenters. The molecule has 2 aromatic carbocycles. The number of carbonyl (C=O) groups excluding carboxylic acids is 2. The Morgan fingerprint density at radius 1 is 0.676 bits per heavy atom. The van der Waals surface area contributed by atoms with Crippen molar-refractivity contribution >= 4 is 24.1 Å². The van der Waals surface area contributed by atoms with E-state index in [1.807, 2.05) is 0 Å². The minimum absolute atomic E-state index is 0.0206. The molecular formula is C24H22N2O8. The van der Waals surface area contributed by atoms with Crippen molar-refractivity contribution in [3.63, 3.8) is 0 Å². The Bertz CT molecular complexity index is 1370. The predicted octanol–water partition coefficient (Wildman–Crippen LogP) is 0.589. The smallest absolute Gasteiger partial charge is 0.308 e. The van der Waals surface area contributed by atoms with Crippen LogP contribution in [0.2, 0.25) is 0 Å². The Labute approximate surface area is 193 Å². The Hall–Kier alpha value is -4.60. The van der Waals surface area contributed by atoms with Gasteiger partial charge in [0.15, 0.2) is 23.0 Å². The number of methoxy groups -OCH3 is 2. The van der Waals surface area contributed by atoms with Gasteiger partial charge < -0.3 is 28.9 Å². The number of H-pyrrole nitrogens is 2. The van der Waals surface area contributed by atoms with Crippen LogP contribution >= 0.6 is 0 Å². The van der Waals surface area contributed by atoms with Crippen molar-refractivity contribution in [1.29, 1.82) is 0 Å². The molecule has 0 spiro atoms. The van der Waals surface area contributed by atoms with Gasteiger partial charge >= 0.3 is 11.9 Å². The maximum atomic E-state index is 12.6. The molecule has 0 aliphatic carbocycles. The summed E-state index contributed by atoms with van der Waals surface area (Å²) in [5, 5.41) is 0.0412. The minimum atomic E-state index is -0.530. The summed E-state index contributed by atoms with van der Waals surface area (Å²) in [4.78, 5) is 52.7. The highest BCUT2D eigenvalue weighted by atomic mass is 16.6. The van der Waals surface area contributed by atoms with Gasteiger partial charge in [-0.15, -0.1) is 0 Å². The zero-order valence-electron chi connectivity index (χ0n) is 18.9. The molecule has 0 aliphatic rings. The van der Waals surface area contributed by atoms with E-state index in [1.54, 1.807) is 24.3 Å². The minimum Gasteiger partial charge on any atom is -0.493 e. The van der Waals surface area contributed by atoms with Crippen LogP contribution in [-0.2, 0) is 9.59 Å². The fourth-order valence-electron chi connectivity index (χ4n) is 3.06. The average Bonchev–Trinajstić information content (AvgIpc) is 2.78. The maximum absolute atomic E-state index is 12.6. The third-order valence-corrected chi connectivity index (χ3v) is 4.49. The van der Waals surface area contributed by atoms with Crippen LogP contribution in [-0.4, -0.2) is 36.1 Å². The molecule has 176 valence electrons. The first-order valence-electron chi connectivity index (χ1n) is 9.99. The summed E-state index contributed by atoms with van der Waals surface area (Å²) in [5.41, 5.74) is 0.0163. The summed E-state index contributed by atoms with van der Waals surface area (Å²) in [5.74, 6) is 0.0458. The summed E-state index contributed by atoms with van der Waals surface area (Å²) in [6, 6.07) is 9.38. The van der Waals surface area contributed by atoms with Gasteiger partial charge in [0.2, 0.25) is 0 Å². The highest BCUT2D eigenvalue weighted by Gasteiger charge is 2.09. The van der Waals surface area contributed by atoms with Crippen LogP contribution in [0.3, 0.4) is 0 Å². The quantitative estimate of drug-likeness (QED) is 0.398. The van der Waals surface area contributed by atoms with E-state index >= 15 is 0 Å². The second-order valence-corrected chi connectivity index (χ2v) is 7.03. The van der Waals surface area contributed by atoms with Crippen LogP contribution in [0, 0.1) is 0 Å². The van der Waals surface area contributed by atoms with Crippen molar-refractivity contribution in [3.05, 3.63) is 78.9 Å². The summed E-state index contributed by atoms with van der Waals surface area (Å²) >= 11 is 0. The van der Waals surface area contributed by atoms with Gasteiger partial charge in [-0.2, -0.15) is 0 Å². The van der Waals surface area contributed by atoms with Crippen LogP contribution in [0.15, 0.2) is 46.0 Å². The first kappa shape index (κ1) is 24.1. The van der Waals surface area contributed by atoms with Crippen molar-refractivity contribution in [2.45, 2.75) is 13.8 Å². The van der Waals surface area contributed by atoms with E-state index in [4.69, 9.17) is 18.9 Å². The molecular weight excluding hydrogens is 444 g/mol. The molecule has 34 heavy (non-hydrogen) atoms. The monoisotopic (exact) mass is 466 g/mol. The number of benzene rings is 2. The number of rotatable bonds is 6. The number of hydrogen-bond acceptors (Lipinski definition) is 8. The number of ether oxygens (including phenoxy) is 4. The van der Waals surface area contributed by atoms with Gasteiger partial charge in [-0.25, -0.2) is 0 Å². The van der Waals surface area contributed by atoms with Gasteiger partial charge in [-0.1, -0.05) is 12.1 Å². The highest BCUT2D eigenvalue weighted by molar-refractivity contribution is 5.71. The molecule has 0 bridgehead atoms. The molecule has 0 fully saturated rings. The fraction of sp³-hybridized carbons (Fsp3) is 0.167. The summed E-state index contributed by atoms with van der Waals surface area (Å²) in [7, 11) is 2.83. The molecule has 0 unspecified atom stereocenters. The highest BCUT2D eigenvalue weighted by Crippen LogP contribution is 2.29. The lowest BCUT2D eigenvalue weighted by Gasteiger charge is -2.08. The molecule has 10 heteroatoms. The zero-order chi connectivity index (χ0) is 24.8. The number of nitrogens with one attached hydrogen (secondary N) is 2. The Morgan fingerprint density at radius 3 is 1.38 bits per heavy atom. The second-order valence-electron chi connectivity index (χ2n) is 7.03. The van der Waals surface area contributed by atoms with E-state index in [2.05, 4.69) is 9.97 Å². The topological polar surface area (TPSA) is 137 Å². The Kier molecular flexibility index (Phi) is 7.32. The van der Waals surface area contributed by atoms with Crippen LogP contribution < -0.4 is 40.8 Å². The molecule has 1 aromatic heterocycles. The van der Waals surface area contributed by atoms with Gasteiger partial charge in [0.1, 0.15) is 10.7 Å². The van der Waals surface area contributed by atoms with Gasteiger partial charge in [0.05, 0.1) is 14.2 Å². The van der Waals surface area contributed by atoms with Gasteiger partial charge in [0, 0.05) is 13.8 Å². The lowest BCUT2D eigenvalue weighted by atomic mass is 10.2. The van der Waals surface area contributed by atoms with Crippen LogP contribution in [0.5, 0.6) is 23.0 Å². The fourth-order valence-corrected chi connectivity index (χ4v) is 3.06. The molecule has 3 rings (SSSR count). The summed E-state index contributed by atoms with van der Waals surface area (Å²) in [6.07, 6.45) is 2.92. The van der Waals surface area contributed by atoms with E-state index in [0.717, 1.165) is 0 Å². The molecule has 0 saturated carbocycles. The van der Waals surface area contributed by atoms with E-state index < -0.39 is 23.1 Å². The molecule has 2 N–H and O–H groups in total. The third-order valence-electron chi connectivity index (χ3n) is 4.49. The van der Waals surface area contributed by atoms with Crippen LogP contribution in [0.1, 0.15) is 25.0 Å². The van der Waals surface area contributed by atoms with Crippen molar-refractivity contribution < 1.29 is 28.5 Å². The van der Waals surface area contributed by atoms with E-state index in [0.29, 0.717) is 22.6 Å². The molecule has 0 radical (unpaired) electrons. The molecule has 0 amide bonds. The number of esters is 2. The maximum Gasteiger partial charge on any atom is 0.308 e. The standard InChI is InChI=1S/C24H22N2O8/c1-13(27)33-19-7-5-15(11-21(19)31-3)9-17-23(29)26-18(24(30)25-17)10-16-6-8-20(34-14(2)28)22(12-16)32-4/h5-12H,1-4H3,(H,25,30)(H,26,29)/b17-9+,18-10+. The molecule has 3 aromatic rings. The van der Waals surface area contributed by atoms with Crippen molar-refractivity contribution in [2.24, 2.45) is 0 Å². The zero-order valence-corrected chi connectivity index (χ0v) is 18.9. The predicted molar refractivity (Wildman–Crippen MR) is 123 cm³/mol. The van der Waals surface area contributed by atoms with Gasteiger partial charge in [-0.3, -0.25) is 19.2 Å². The third kappa shape index (κ3) is 5.80. The summed E-state index contributed by atoms with van der Waals surface area (Å²) < 4.78 is 20.5. The SMILES string of the molecule is COc1cc(/C=c2/[nH]c(=O)/c(=C\c3ccc(OC(C)=O)c(OC)c3)[nH]c2=O)ccc1OC(C)=O. The molecule has 0 aliphatic heterocycles. The van der Waals surface area contributed by atoms with Crippen molar-refractivity contribution in [2.75, 3.05) is 14.2 Å². The van der Waals surface area contributed by atoms with Gasteiger partial charge in [-0.05, 0) is 47.5 Å². The molecule has 1 heterocycles. The number of aromatic nitrogens is 2. The van der Waals surface area contributed by atoms with E-state index in [1.165, 1.54) is 52.4 Å². The Balaban J connectivity index is 2.02.